The van der Waals surface area contributed by atoms with Gasteiger partial charge in [-0.3, -0.25) is 9.36 Å². The molecule has 0 fully saturated rings. The highest BCUT2D eigenvalue weighted by molar-refractivity contribution is 5.91. The second-order valence-electron chi connectivity index (χ2n) is 6.19. The van der Waals surface area contributed by atoms with Gasteiger partial charge in [0, 0.05) is 25.1 Å². The van der Waals surface area contributed by atoms with E-state index in [1.807, 2.05) is 12.1 Å². The van der Waals surface area contributed by atoms with Crippen molar-refractivity contribution in [1.82, 2.24) is 19.9 Å². The van der Waals surface area contributed by atoms with Gasteiger partial charge in [-0.1, -0.05) is 6.07 Å². The number of carbonyl (C=O) groups is 1. The van der Waals surface area contributed by atoms with E-state index in [0.717, 1.165) is 11.4 Å². The highest BCUT2D eigenvalue weighted by Crippen LogP contribution is 2.15. The summed E-state index contributed by atoms with van der Waals surface area (Å²) in [5.41, 5.74) is 0.855. The van der Waals surface area contributed by atoms with Crippen LogP contribution < -0.4 is 10.1 Å². The molecule has 29 heavy (non-hydrogen) atoms. The maximum Gasteiger partial charge on any atom is 0.287 e. The fourth-order valence-corrected chi connectivity index (χ4v) is 2.60. The predicted octanol–water partition coefficient (Wildman–Crippen LogP) is 3.51. The van der Waals surface area contributed by atoms with Crippen LogP contribution >= 0.6 is 0 Å². The number of imidazole rings is 1. The first-order chi connectivity index (χ1) is 14.2. The Hall–Kier alpha value is -3.94. The van der Waals surface area contributed by atoms with Gasteiger partial charge >= 0.3 is 0 Å². The summed E-state index contributed by atoms with van der Waals surface area (Å²) in [4.78, 5) is 20.6. The number of rotatable bonds is 7. The van der Waals surface area contributed by atoms with Gasteiger partial charge in [0.2, 0.25) is 0 Å². The lowest BCUT2D eigenvalue weighted by molar-refractivity contribution is 0.0919. The molecule has 0 aliphatic carbocycles. The van der Waals surface area contributed by atoms with Crippen LogP contribution in [-0.2, 0) is 13.2 Å². The molecule has 1 N–H and O–H groups in total. The topological polar surface area (TPSA) is 82.2 Å². The number of nitrogens with one attached hydrogen (secondary N) is 1. The standard InChI is InChI=1S/C21H17FN4O3/c22-16-2-4-17(5-3-16)28-13-18-6-7-19(29-18)21(27)25-12-15-1-8-20(24-11-15)26-10-9-23-14-26/h1-11,14H,12-13H2,(H,25,27). The van der Waals surface area contributed by atoms with Gasteiger partial charge in [0.25, 0.3) is 5.91 Å². The summed E-state index contributed by atoms with van der Waals surface area (Å²) in [5, 5.41) is 2.79. The molecule has 4 aromatic rings. The molecule has 146 valence electrons. The third-order valence-corrected chi connectivity index (χ3v) is 4.11. The summed E-state index contributed by atoms with van der Waals surface area (Å²) < 4.78 is 25.7. The molecule has 3 heterocycles. The molecule has 8 heteroatoms. The van der Waals surface area contributed by atoms with Gasteiger partial charge in [-0.15, -0.1) is 0 Å². The van der Waals surface area contributed by atoms with Crippen molar-refractivity contribution in [2.75, 3.05) is 0 Å². The molecule has 0 aliphatic heterocycles. The summed E-state index contributed by atoms with van der Waals surface area (Å²) in [6.07, 6.45) is 6.84. The Morgan fingerprint density at radius 2 is 2.00 bits per heavy atom. The van der Waals surface area contributed by atoms with Crippen LogP contribution in [-0.4, -0.2) is 20.4 Å². The van der Waals surface area contributed by atoms with Crippen molar-refractivity contribution in [2.24, 2.45) is 0 Å². The molecule has 3 aromatic heterocycles. The Kier molecular flexibility index (Phi) is 5.33. The number of furan rings is 1. The lowest BCUT2D eigenvalue weighted by Crippen LogP contribution is -2.22. The highest BCUT2D eigenvalue weighted by Gasteiger charge is 2.11. The average Bonchev–Trinajstić information content (AvgIpc) is 3.44. The van der Waals surface area contributed by atoms with E-state index in [1.165, 1.54) is 24.3 Å². The molecule has 0 radical (unpaired) electrons. The minimum atomic E-state index is -0.336. The molecule has 0 bridgehead atoms. The normalized spacial score (nSPS) is 10.7. The second-order valence-corrected chi connectivity index (χ2v) is 6.19. The third kappa shape index (κ3) is 4.67. The molecule has 0 saturated carbocycles. The van der Waals surface area contributed by atoms with Crippen molar-refractivity contribution in [3.8, 4) is 11.6 Å². The Morgan fingerprint density at radius 3 is 2.72 bits per heavy atom. The largest absolute Gasteiger partial charge is 0.486 e. The van der Waals surface area contributed by atoms with Gasteiger partial charge in [-0.25, -0.2) is 14.4 Å². The Labute approximate surface area is 165 Å². The van der Waals surface area contributed by atoms with Crippen molar-refractivity contribution in [3.63, 3.8) is 0 Å². The van der Waals surface area contributed by atoms with Crippen LogP contribution in [0.2, 0.25) is 0 Å². The minimum Gasteiger partial charge on any atom is -0.486 e. The number of halogens is 1. The maximum absolute atomic E-state index is 12.9. The lowest BCUT2D eigenvalue weighted by Gasteiger charge is -2.06. The van der Waals surface area contributed by atoms with Gasteiger partial charge < -0.3 is 14.5 Å². The molecule has 7 nitrogen and oxygen atoms in total. The Bertz CT molecular complexity index is 1070. The van der Waals surface area contributed by atoms with Crippen molar-refractivity contribution in [1.29, 1.82) is 0 Å². The lowest BCUT2D eigenvalue weighted by atomic mass is 10.2. The number of hydrogen-bond donors (Lipinski definition) is 1. The number of hydrogen-bond acceptors (Lipinski definition) is 5. The number of pyridine rings is 1. The number of ether oxygens (including phenoxy) is 1. The van der Waals surface area contributed by atoms with E-state index in [9.17, 15) is 9.18 Å². The van der Waals surface area contributed by atoms with Crippen LogP contribution in [0.3, 0.4) is 0 Å². The molecular formula is C21H17FN4O3. The van der Waals surface area contributed by atoms with Gasteiger partial charge in [0.05, 0.1) is 0 Å². The van der Waals surface area contributed by atoms with E-state index in [0.29, 0.717) is 18.1 Å². The van der Waals surface area contributed by atoms with E-state index < -0.39 is 0 Å². The number of carbonyl (C=O) groups excluding carboxylic acids is 1. The Balaban J connectivity index is 1.29. The summed E-state index contributed by atoms with van der Waals surface area (Å²) in [7, 11) is 0. The van der Waals surface area contributed by atoms with Gasteiger partial charge in [-0.2, -0.15) is 0 Å². The van der Waals surface area contributed by atoms with Gasteiger partial charge in [0.15, 0.2) is 5.76 Å². The summed E-state index contributed by atoms with van der Waals surface area (Å²) >= 11 is 0. The van der Waals surface area contributed by atoms with E-state index in [4.69, 9.17) is 9.15 Å². The predicted molar refractivity (Wildman–Crippen MR) is 102 cm³/mol. The van der Waals surface area contributed by atoms with Crippen molar-refractivity contribution >= 4 is 5.91 Å². The highest BCUT2D eigenvalue weighted by atomic mass is 19.1. The molecule has 4 rings (SSSR count). The maximum atomic E-state index is 12.9. The zero-order valence-electron chi connectivity index (χ0n) is 15.3. The summed E-state index contributed by atoms with van der Waals surface area (Å²) in [5.74, 6) is 1.27. The number of nitrogens with zero attached hydrogens (tertiary/aromatic N) is 3. The second kappa shape index (κ2) is 8.39. The molecular weight excluding hydrogens is 375 g/mol. The van der Waals surface area contributed by atoms with Crippen LogP contribution in [0.4, 0.5) is 4.39 Å². The minimum absolute atomic E-state index is 0.137. The average molecular weight is 392 g/mol. The smallest absolute Gasteiger partial charge is 0.287 e. The monoisotopic (exact) mass is 392 g/mol. The van der Waals surface area contributed by atoms with Crippen LogP contribution in [0.25, 0.3) is 5.82 Å². The van der Waals surface area contributed by atoms with E-state index in [1.54, 1.807) is 41.6 Å². The fraction of sp³-hybridized carbons (Fsp3) is 0.0952. The van der Waals surface area contributed by atoms with Crippen LogP contribution in [0, 0.1) is 5.82 Å². The van der Waals surface area contributed by atoms with Crippen molar-refractivity contribution < 1.29 is 18.3 Å². The van der Waals surface area contributed by atoms with E-state index in [-0.39, 0.29) is 24.1 Å². The third-order valence-electron chi connectivity index (χ3n) is 4.11. The molecule has 0 unspecified atom stereocenters. The van der Waals surface area contributed by atoms with Crippen LogP contribution in [0.1, 0.15) is 21.9 Å². The summed E-state index contributed by atoms with van der Waals surface area (Å²) in [6, 6.07) is 12.7. The van der Waals surface area contributed by atoms with Crippen molar-refractivity contribution in [2.45, 2.75) is 13.2 Å². The molecule has 1 amide bonds. The molecule has 0 saturated heterocycles. The fourth-order valence-electron chi connectivity index (χ4n) is 2.60. The van der Waals surface area contributed by atoms with Crippen LogP contribution in [0.15, 0.2) is 77.9 Å². The quantitative estimate of drug-likeness (QED) is 0.520. The summed E-state index contributed by atoms with van der Waals surface area (Å²) in [6.45, 7) is 0.455. The van der Waals surface area contributed by atoms with Crippen molar-refractivity contribution in [3.05, 3.63) is 96.3 Å². The Morgan fingerprint density at radius 1 is 1.14 bits per heavy atom. The first-order valence-electron chi connectivity index (χ1n) is 8.86. The number of benzene rings is 1. The molecule has 0 spiro atoms. The first-order valence-corrected chi connectivity index (χ1v) is 8.86. The molecule has 0 atom stereocenters. The van der Waals surface area contributed by atoms with Gasteiger partial charge in [-0.05, 0) is 48.0 Å². The van der Waals surface area contributed by atoms with Crippen LogP contribution in [0.5, 0.6) is 5.75 Å². The first kappa shape index (κ1) is 18.4. The molecule has 0 aliphatic rings. The van der Waals surface area contributed by atoms with E-state index in [2.05, 4.69) is 15.3 Å². The zero-order chi connectivity index (χ0) is 20.1. The SMILES string of the molecule is O=C(NCc1ccc(-n2ccnc2)nc1)c1ccc(COc2ccc(F)cc2)o1. The molecule has 1 aromatic carbocycles. The van der Waals surface area contributed by atoms with E-state index >= 15 is 0 Å². The zero-order valence-corrected chi connectivity index (χ0v) is 15.3. The number of aromatic nitrogens is 3. The van der Waals surface area contributed by atoms with Gasteiger partial charge in [0.1, 0.15) is 36.1 Å². The number of amides is 1.